The molecule has 2 aromatic rings. The van der Waals surface area contributed by atoms with Gasteiger partial charge in [0.25, 0.3) is 0 Å². The lowest BCUT2D eigenvalue weighted by molar-refractivity contribution is 0.298. The maximum atomic E-state index is 8.90. The van der Waals surface area contributed by atoms with Crippen molar-refractivity contribution in [3.05, 3.63) is 41.9 Å². The molecule has 96 valence electrons. The molecule has 0 fully saturated rings. The quantitative estimate of drug-likeness (QED) is 0.891. The Morgan fingerprint density at radius 1 is 1.21 bits per heavy atom. The second-order valence-electron chi connectivity index (χ2n) is 3.73. The van der Waals surface area contributed by atoms with E-state index in [0.29, 0.717) is 28.6 Å². The van der Waals surface area contributed by atoms with Gasteiger partial charge in [-0.2, -0.15) is 5.26 Å². The molecule has 0 aliphatic carbocycles. The highest BCUT2D eigenvalue weighted by Gasteiger charge is 2.03. The summed E-state index contributed by atoms with van der Waals surface area (Å²) in [5, 5.41) is 8.90. The molecule has 0 saturated heterocycles. The first-order valence-electron chi connectivity index (χ1n) is 5.49. The fraction of sp³-hybridized carbons (Fsp3) is 0.154. The van der Waals surface area contributed by atoms with E-state index in [0.717, 1.165) is 0 Å². The van der Waals surface area contributed by atoms with Crippen molar-refractivity contribution in [2.24, 2.45) is 0 Å². The Bertz CT molecular complexity index is 605. The lowest BCUT2D eigenvalue weighted by Gasteiger charge is -2.08. The summed E-state index contributed by atoms with van der Waals surface area (Å²) < 4.78 is 10.6. The molecule has 2 N–H and O–H groups in total. The van der Waals surface area contributed by atoms with Gasteiger partial charge in [-0.05, 0) is 12.1 Å². The maximum Gasteiger partial charge on any atom is 0.141 e. The Morgan fingerprint density at radius 2 is 2.00 bits per heavy atom. The van der Waals surface area contributed by atoms with E-state index in [1.165, 1.54) is 13.3 Å². The molecule has 0 atom stereocenters. The monoisotopic (exact) mass is 256 g/mol. The number of benzene rings is 1. The van der Waals surface area contributed by atoms with Crippen LogP contribution in [0.25, 0.3) is 0 Å². The predicted molar refractivity (Wildman–Crippen MR) is 68.5 cm³/mol. The predicted octanol–water partition coefficient (Wildman–Crippen LogP) is 1.52. The summed E-state index contributed by atoms with van der Waals surface area (Å²) in [4.78, 5) is 7.99. The number of hydrogen-bond acceptors (Lipinski definition) is 6. The Labute approximate surface area is 110 Å². The van der Waals surface area contributed by atoms with Gasteiger partial charge in [0.2, 0.25) is 0 Å². The van der Waals surface area contributed by atoms with Crippen molar-refractivity contribution >= 4 is 5.82 Å². The number of nitrogens with zero attached hydrogens (tertiary/aromatic N) is 3. The van der Waals surface area contributed by atoms with Crippen LogP contribution in [0.1, 0.15) is 11.3 Å². The number of ether oxygens (including phenoxy) is 2. The average molecular weight is 256 g/mol. The van der Waals surface area contributed by atoms with Gasteiger partial charge in [-0.1, -0.05) is 0 Å². The average Bonchev–Trinajstić information content (AvgIpc) is 2.46. The molecule has 0 saturated carbocycles. The Kier molecular flexibility index (Phi) is 3.78. The number of hydrogen-bond donors (Lipinski definition) is 1. The topological polar surface area (TPSA) is 94.0 Å². The Balaban J connectivity index is 2.11. The van der Waals surface area contributed by atoms with Crippen molar-refractivity contribution in [1.82, 2.24) is 9.97 Å². The van der Waals surface area contributed by atoms with E-state index in [1.54, 1.807) is 24.4 Å². The highest BCUT2D eigenvalue weighted by molar-refractivity contribution is 5.43. The van der Waals surface area contributed by atoms with Crippen LogP contribution in [-0.4, -0.2) is 17.1 Å². The van der Waals surface area contributed by atoms with Gasteiger partial charge in [-0.3, -0.25) is 4.98 Å². The lowest BCUT2D eigenvalue weighted by atomic mass is 10.2. The molecule has 1 aromatic heterocycles. The zero-order valence-electron chi connectivity index (χ0n) is 10.3. The van der Waals surface area contributed by atoms with E-state index < -0.39 is 0 Å². The van der Waals surface area contributed by atoms with E-state index in [-0.39, 0.29) is 6.61 Å². The number of aromatic nitrogens is 2. The van der Waals surface area contributed by atoms with Crippen LogP contribution < -0.4 is 15.2 Å². The summed E-state index contributed by atoms with van der Waals surface area (Å²) in [6.45, 7) is 0.241. The minimum absolute atomic E-state index is 0.241. The summed E-state index contributed by atoms with van der Waals surface area (Å²) in [6.07, 6.45) is 3.01. The summed E-state index contributed by atoms with van der Waals surface area (Å²) in [6, 6.07) is 7.01. The van der Waals surface area contributed by atoms with Gasteiger partial charge in [-0.25, -0.2) is 4.98 Å². The van der Waals surface area contributed by atoms with E-state index in [9.17, 15) is 0 Å². The summed E-state index contributed by atoms with van der Waals surface area (Å²) in [5.74, 6) is 1.46. The molecule has 0 radical (unpaired) electrons. The largest absolute Gasteiger partial charge is 0.497 e. The van der Waals surface area contributed by atoms with Crippen molar-refractivity contribution in [3.8, 4) is 17.6 Å². The van der Waals surface area contributed by atoms with Crippen molar-refractivity contribution < 1.29 is 9.47 Å². The SMILES string of the molecule is COc1cc(C#N)cc(OCc2cnc(N)cn2)c1. The molecule has 2 rings (SSSR count). The molecule has 0 amide bonds. The number of nitriles is 1. The van der Waals surface area contributed by atoms with Gasteiger partial charge in [0, 0.05) is 6.07 Å². The molecule has 6 heteroatoms. The maximum absolute atomic E-state index is 8.90. The van der Waals surface area contributed by atoms with E-state index in [4.69, 9.17) is 20.5 Å². The number of anilines is 1. The minimum Gasteiger partial charge on any atom is -0.497 e. The highest BCUT2D eigenvalue weighted by Crippen LogP contribution is 2.22. The Morgan fingerprint density at radius 3 is 2.63 bits per heavy atom. The third-order valence-electron chi connectivity index (χ3n) is 2.36. The third kappa shape index (κ3) is 3.33. The van der Waals surface area contributed by atoms with Crippen molar-refractivity contribution in [1.29, 1.82) is 5.26 Å². The number of nitrogens with two attached hydrogens (primary N) is 1. The van der Waals surface area contributed by atoms with E-state index in [2.05, 4.69) is 9.97 Å². The molecule has 0 unspecified atom stereocenters. The molecule has 0 aliphatic heterocycles. The minimum atomic E-state index is 0.241. The van der Waals surface area contributed by atoms with Crippen LogP contribution in [0.15, 0.2) is 30.6 Å². The van der Waals surface area contributed by atoms with Gasteiger partial charge in [0.05, 0.1) is 36.8 Å². The van der Waals surface area contributed by atoms with Crippen LogP contribution in [0, 0.1) is 11.3 Å². The van der Waals surface area contributed by atoms with E-state index >= 15 is 0 Å². The van der Waals surface area contributed by atoms with Crippen LogP contribution in [0.2, 0.25) is 0 Å². The fourth-order valence-electron chi connectivity index (χ4n) is 1.43. The van der Waals surface area contributed by atoms with Gasteiger partial charge >= 0.3 is 0 Å². The number of rotatable bonds is 4. The van der Waals surface area contributed by atoms with Crippen molar-refractivity contribution in [2.45, 2.75) is 6.61 Å². The Hall–Kier alpha value is -2.81. The smallest absolute Gasteiger partial charge is 0.141 e. The number of nitrogen functional groups attached to an aromatic ring is 1. The van der Waals surface area contributed by atoms with Crippen LogP contribution in [0.4, 0.5) is 5.82 Å². The molecule has 0 bridgehead atoms. The van der Waals surface area contributed by atoms with Gasteiger partial charge in [0.1, 0.15) is 23.9 Å². The van der Waals surface area contributed by atoms with Crippen LogP contribution in [0.5, 0.6) is 11.5 Å². The van der Waals surface area contributed by atoms with Crippen LogP contribution >= 0.6 is 0 Å². The van der Waals surface area contributed by atoms with Crippen molar-refractivity contribution in [3.63, 3.8) is 0 Å². The second-order valence-corrected chi connectivity index (χ2v) is 3.73. The first-order valence-corrected chi connectivity index (χ1v) is 5.49. The zero-order valence-corrected chi connectivity index (χ0v) is 10.3. The van der Waals surface area contributed by atoms with E-state index in [1.807, 2.05) is 6.07 Å². The normalized spacial score (nSPS) is 9.68. The van der Waals surface area contributed by atoms with Gasteiger partial charge in [0.15, 0.2) is 0 Å². The standard InChI is InChI=1S/C13H12N4O2/c1-18-11-2-9(5-14)3-12(4-11)19-8-10-6-17-13(15)7-16-10/h2-4,6-7H,8H2,1H3,(H2,15,17). The molecular weight excluding hydrogens is 244 g/mol. The molecule has 1 aromatic carbocycles. The lowest BCUT2D eigenvalue weighted by Crippen LogP contribution is -2.01. The second kappa shape index (κ2) is 5.69. The molecule has 0 spiro atoms. The third-order valence-corrected chi connectivity index (χ3v) is 2.36. The summed E-state index contributed by atoms with van der Waals surface area (Å²) in [5.41, 5.74) is 6.56. The fourth-order valence-corrected chi connectivity index (χ4v) is 1.43. The molecule has 1 heterocycles. The highest BCUT2D eigenvalue weighted by atomic mass is 16.5. The van der Waals surface area contributed by atoms with Crippen LogP contribution in [0.3, 0.4) is 0 Å². The molecule has 6 nitrogen and oxygen atoms in total. The number of methoxy groups -OCH3 is 1. The molecule has 0 aliphatic rings. The molecule has 19 heavy (non-hydrogen) atoms. The zero-order chi connectivity index (χ0) is 13.7. The van der Waals surface area contributed by atoms with Crippen LogP contribution in [-0.2, 0) is 6.61 Å². The summed E-state index contributed by atoms with van der Waals surface area (Å²) in [7, 11) is 1.53. The summed E-state index contributed by atoms with van der Waals surface area (Å²) >= 11 is 0. The first-order chi connectivity index (χ1) is 9.21. The van der Waals surface area contributed by atoms with Gasteiger partial charge in [-0.15, -0.1) is 0 Å². The van der Waals surface area contributed by atoms with Crippen molar-refractivity contribution in [2.75, 3.05) is 12.8 Å². The molecular formula is C13H12N4O2. The van der Waals surface area contributed by atoms with Gasteiger partial charge < -0.3 is 15.2 Å². The first kappa shape index (κ1) is 12.6.